The van der Waals surface area contributed by atoms with Crippen LogP contribution in [0.5, 0.6) is 0 Å². The molecule has 0 aliphatic heterocycles. The number of para-hydroxylation sites is 2. The Morgan fingerprint density at radius 2 is 2.14 bits per heavy atom. The van der Waals surface area contributed by atoms with Gasteiger partial charge in [-0.3, -0.25) is 4.79 Å². The van der Waals surface area contributed by atoms with Gasteiger partial charge in [-0.05, 0) is 25.0 Å². The van der Waals surface area contributed by atoms with Crippen LogP contribution in [0, 0.1) is 16.7 Å². The SMILES string of the molecule is Cn1c(CNC(=O)C2(C#N)CCCC2)nc2ccccc21. The lowest BCUT2D eigenvalue weighted by Gasteiger charge is -2.19. The average Bonchev–Trinajstić information content (AvgIpc) is 3.11. The molecule has 1 fully saturated rings. The molecule has 0 radical (unpaired) electrons. The third-order valence-corrected chi connectivity index (χ3v) is 4.39. The summed E-state index contributed by atoms with van der Waals surface area (Å²) in [5, 5.41) is 12.2. The van der Waals surface area contributed by atoms with Crippen molar-refractivity contribution in [2.45, 2.75) is 32.2 Å². The summed E-state index contributed by atoms with van der Waals surface area (Å²) in [6.45, 7) is 0.355. The van der Waals surface area contributed by atoms with Gasteiger partial charge in [-0.25, -0.2) is 4.98 Å². The molecule has 1 aliphatic carbocycles. The number of carbonyl (C=O) groups excluding carboxylic acids is 1. The molecule has 0 unspecified atom stereocenters. The fourth-order valence-corrected chi connectivity index (χ4v) is 3.05. The van der Waals surface area contributed by atoms with Crippen LogP contribution in [-0.2, 0) is 18.4 Å². The molecule has 0 atom stereocenters. The normalized spacial score (nSPS) is 16.8. The number of rotatable bonds is 3. The van der Waals surface area contributed by atoms with E-state index in [0.29, 0.717) is 19.4 Å². The first kappa shape index (κ1) is 13.6. The largest absolute Gasteiger partial charge is 0.347 e. The van der Waals surface area contributed by atoms with Crippen molar-refractivity contribution < 1.29 is 4.79 Å². The van der Waals surface area contributed by atoms with Gasteiger partial charge in [-0.15, -0.1) is 0 Å². The van der Waals surface area contributed by atoms with Gasteiger partial charge in [0, 0.05) is 7.05 Å². The molecule has 3 rings (SSSR count). The summed E-state index contributed by atoms with van der Waals surface area (Å²) in [6, 6.07) is 10.1. The molecule has 1 saturated carbocycles. The molecule has 0 spiro atoms. The van der Waals surface area contributed by atoms with E-state index in [2.05, 4.69) is 16.4 Å². The van der Waals surface area contributed by atoms with Gasteiger partial charge < -0.3 is 9.88 Å². The van der Waals surface area contributed by atoms with Gasteiger partial charge in [0.05, 0.1) is 23.6 Å². The standard InChI is InChI=1S/C16H18N4O/c1-20-13-7-3-2-6-12(13)19-14(20)10-18-15(21)16(11-17)8-4-5-9-16/h2-3,6-7H,4-5,8-10H2,1H3,(H,18,21). The van der Waals surface area contributed by atoms with E-state index in [0.717, 1.165) is 29.7 Å². The Kier molecular flexibility index (Phi) is 3.38. The monoisotopic (exact) mass is 282 g/mol. The van der Waals surface area contributed by atoms with Crippen molar-refractivity contribution in [3.8, 4) is 6.07 Å². The fourth-order valence-electron chi connectivity index (χ4n) is 3.05. The Hall–Kier alpha value is -2.35. The summed E-state index contributed by atoms with van der Waals surface area (Å²) in [7, 11) is 1.94. The van der Waals surface area contributed by atoms with Crippen LogP contribution >= 0.6 is 0 Å². The van der Waals surface area contributed by atoms with Crippen LogP contribution in [0.2, 0.25) is 0 Å². The molecule has 1 aromatic heterocycles. The zero-order valence-electron chi connectivity index (χ0n) is 12.1. The Morgan fingerprint density at radius 1 is 1.43 bits per heavy atom. The number of benzene rings is 1. The summed E-state index contributed by atoms with van der Waals surface area (Å²) in [5.41, 5.74) is 1.13. The molecular weight excluding hydrogens is 264 g/mol. The average molecular weight is 282 g/mol. The van der Waals surface area contributed by atoms with E-state index in [9.17, 15) is 10.1 Å². The summed E-state index contributed by atoms with van der Waals surface area (Å²) in [4.78, 5) is 16.9. The van der Waals surface area contributed by atoms with Crippen molar-refractivity contribution in [1.29, 1.82) is 5.26 Å². The number of nitriles is 1. The molecule has 1 aromatic carbocycles. The van der Waals surface area contributed by atoms with Gasteiger partial charge >= 0.3 is 0 Å². The van der Waals surface area contributed by atoms with Crippen LogP contribution in [0.1, 0.15) is 31.5 Å². The van der Waals surface area contributed by atoms with E-state index < -0.39 is 5.41 Å². The van der Waals surface area contributed by atoms with Crippen LogP contribution in [0.15, 0.2) is 24.3 Å². The highest BCUT2D eigenvalue weighted by molar-refractivity contribution is 5.85. The molecule has 5 nitrogen and oxygen atoms in total. The van der Waals surface area contributed by atoms with Gasteiger partial charge in [0.15, 0.2) is 0 Å². The minimum Gasteiger partial charge on any atom is -0.347 e. The molecule has 0 saturated heterocycles. The maximum absolute atomic E-state index is 12.3. The van der Waals surface area contributed by atoms with Crippen molar-refractivity contribution in [3.05, 3.63) is 30.1 Å². The Bertz CT molecular complexity index is 719. The Balaban J connectivity index is 1.76. The van der Waals surface area contributed by atoms with Gasteiger partial charge in [0.25, 0.3) is 0 Å². The van der Waals surface area contributed by atoms with Crippen LogP contribution in [0.3, 0.4) is 0 Å². The van der Waals surface area contributed by atoms with Gasteiger partial charge in [0.2, 0.25) is 5.91 Å². The molecule has 1 N–H and O–H groups in total. The zero-order chi connectivity index (χ0) is 14.9. The number of aromatic nitrogens is 2. The van der Waals surface area contributed by atoms with Crippen LogP contribution in [-0.4, -0.2) is 15.5 Å². The minimum atomic E-state index is -0.829. The first-order chi connectivity index (χ1) is 10.2. The van der Waals surface area contributed by atoms with E-state index in [1.807, 2.05) is 35.9 Å². The number of nitrogens with zero attached hydrogens (tertiary/aromatic N) is 3. The van der Waals surface area contributed by atoms with E-state index in [4.69, 9.17) is 0 Å². The van der Waals surface area contributed by atoms with E-state index in [1.165, 1.54) is 0 Å². The minimum absolute atomic E-state index is 0.158. The number of hydrogen-bond donors (Lipinski definition) is 1. The highest BCUT2D eigenvalue weighted by atomic mass is 16.2. The van der Waals surface area contributed by atoms with Crippen molar-refractivity contribution in [2.75, 3.05) is 0 Å². The second-order valence-electron chi connectivity index (χ2n) is 5.66. The van der Waals surface area contributed by atoms with Crippen molar-refractivity contribution in [2.24, 2.45) is 12.5 Å². The van der Waals surface area contributed by atoms with E-state index in [-0.39, 0.29) is 5.91 Å². The quantitative estimate of drug-likeness (QED) is 0.938. The molecule has 1 amide bonds. The van der Waals surface area contributed by atoms with Crippen LogP contribution < -0.4 is 5.32 Å². The first-order valence-corrected chi connectivity index (χ1v) is 7.26. The van der Waals surface area contributed by atoms with Crippen molar-refractivity contribution in [3.63, 3.8) is 0 Å². The topological polar surface area (TPSA) is 70.7 Å². The number of fused-ring (bicyclic) bond motifs is 1. The number of hydrogen-bond acceptors (Lipinski definition) is 3. The lowest BCUT2D eigenvalue weighted by molar-refractivity contribution is -0.128. The van der Waals surface area contributed by atoms with E-state index in [1.54, 1.807) is 0 Å². The molecule has 5 heteroatoms. The maximum Gasteiger partial charge on any atom is 0.240 e. The molecule has 0 bridgehead atoms. The first-order valence-electron chi connectivity index (χ1n) is 7.26. The van der Waals surface area contributed by atoms with E-state index >= 15 is 0 Å². The molecular formula is C16H18N4O. The number of aryl methyl sites for hydroxylation is 1. The second kappa shape index (κ2) is 5.21. The van der Waals surface area contributed by atoms with Crippen molar-refractivity contribution >= 4 is 16.9 Å². The predicted octanol–water partition coefficient (Wildman–Crippen LogP) is 2.27. The molecule has 1 aliphatic rings. The maximum atomic E-state index is 12.3. The Labute approximate surface area is 123 Å². The highest BCUT2D eigenvalue weighted by Gasteiger charge is 2.41. The number of imidazole rings is 1. The third kappa shape index (κ3) is 2.27. The summed E-state index contributed by atoms with van der Waals surface area (Å²) < 4.78 is 1.98. The smallest absolute Gasteiger partial charge is 0.240 e. The summed E-state index contributed by atoms with van der Waals surface area (Å²) in [5.74, 6) is 0.644. The van der Waals surface area contributed by atoms with Crippen LogP contribution in [0.4, 0.5) is 0 Å². The number of amides is 1. The summed E-state index contributed by atoms with van der Waals surface area (Å²) in [6.07, 6.45) is 3.23. The Morgan fingerprint density at radius 3 is 2.81 bits per heavy atom. The van der Waals surface area contributed by atoms with Crippen LogP contribution in [0.25, 0.3) is 11.0 Å². The summed E-state index contributed by atoms with van der Waals surface area (Å²) >= 11 is 0. The molecule has 21 heavy (non-hydrogen) atoms. The van der Waals surface area contributed by atoms with Gasteiger partial charge in [-0.2, -0.15) is 5.26 Å². The lowest BCUT2D eigenvalue weighted by atomic mass is 9.87. The fraction of sp³-hybridized carbons (Fsp3) is 0.438. The zero-order valence-corrected chi connectivity index (χ0v) is 12.1. The highest BCUT2D eigenvalue weighted by Crippen LogP contribution is 2.37. The van der Waals surface area contributed by atoms with Gasteiger partial charge in [0.1, 0.15) is 11.2 Å². The second-order valence-corrected chi connectivity index (χ2v) is 5.66. The third-order valence-electron chi connectivity index (χ3n) is 4.39. The molecule has 1 heterocycles. The number of nitrogens with one attached hydrogen (secondary N) is 1. The van der Waals surface area contributed by atoms with Gasteiger partial charge in [-0.1, -0.05) is 25.0 Å². The van der Waals surface area contributed by atoms with Crippen molar-refractivity contribution in [1.82, 2.24) is 14.9 Å². The lowest BCUT2D eigenvalue weighted by Crippen LogP contribution is -2.38. The molecule has 2 aromatic rings. The predicted molar refractivity (Wildman–Crippen MR) is 79.1 cm³/mol. The molecule has 108 valence electrons. The number of carbonyl (C=O) groups is 1.